The highest BCUT2D eigenvalue weighted by Crippen LogP contribution is 2.30. The molecule has 0 aliphatic rings. The number of anilines is 1. The average molecular weight is 370 g/mol. The maximum atomic E-state index is 12.3. The third-order valence-electron chi connectivity index (χ3n) is 3.11. The first-order valence-electron chi connectivity index (χ1n) is 6.20. The molecular formula is C15H14BrClN2O2. The minimum Gasteiger partial charge on any atom is -0.496 e. The van der Waals surface area contributed by atoms with Crippen LogP contribution in [0, 0.1) is 13.8 Å². The Hall–Kier alpha value is -1.59. The minimum absolute atomic E-state index is 0.160. The molecule has 0 radical (unpaired) electrons. The maximum absolute atomic E-state index is 12.3. The van der Waals surface area contributed by atoms with Crippen LogP contribution < -0.4 is 10.1 Å². The minimum atomic E-state index is -0.317. The fourth-order valence-electron chi connectivity index (χ4n) is 2.05. The molecular weight excluding hydrogens is 356 g/mol. The Balaban J connectivity index is 2.34. The number of rotatable bonds is 3. The lowest BCUT2D eigenvalue weighted by Crippen LogP contribution is -2.14. The van der Waals surface area contributed by atoms with Crippen LogP contribution in [0.5, 0.6) is 5.75 Å². The van der Waals surface area contributed by atoms with Gasteiger partial charge in [-0.1, -0.05) is 17.7 Å². The molecule has 1 N–H and O–H groups in total. The van der Waals surface area contributed by atoms with Gasteiger partial charge in [-0.25, -0.2) is 4.98 Å². The fourth-order valence-corrected chi connectivity index (χ4v) is 2.57. The van der Waals surface area contributed by atoms with Gasteiger partial charge in [0.15, 0.2) is 0 Å². The average Bonchev–Trinajstić information content (AvgIpc) is 2.45. The summed E-state index contributed by atoms with van der Waals surface area (Å²) in [6.45, 7) is 3.84. The zero-order chi connectivity index (χ0) is 15.6. The standard InChI is InChI=1S/C15H14BrClN2O2/c1-8-4-5-12(9(2)13(8)21-3)19-15(20)11-6-10(16)7-18-14(11)17/h4-7H,1-3H3,(H,19,20). The van der Waals surface area contributed by atoms with Crippen molar-refractivity contribution in [3.05, 3.63) is 50.7 Å². The number of aromatic nitrogens is 1. The second-order valence-corrected chi connectivity index (χ2v) is 5.81. The molecule has 0 atom stereocenters. The summed E-state index contributed by atoms with van der Waals surface area (Å²) in [6.07, 6.45) is 1.54. The van der Waals surface area contributed by atoms with Crippen molar-refractivity contribution in [2.45, 2.75) is 13.8 Å². The quantitative estimate of drug-likeness (QED) is 0.817. The summed E-state index contributed by atoms with van der Waals surface area (Å²) in [5.41, 5.74) is 2.86. The topological polar surface area (TPSA) is 51.2 Å². The van der Waals surface area contributed by atoms with Crippen molar-refractivity contribution < 1.29 is 9.53 Å². The van der Waals surface area contributed by atoms with Crippen LogP contribution in [0.3, 0.4) is 0 Å². The van der Waals surface area contributed by atoms with Gasteiger partial charge in [0.1, 0.15) is 10.9 Å². The van der Waals surface area contributed by atoms with Crippen LogP contribution in [-0.4, -0.2) is 18.0 Å². The number of methoxy groups -OCH3 is 1. The molecule has 1 aromatic carbocycles. The molecule has 0 fully saturated rings. The van der Waals surface area contributed by atoms with E-state index in [4.69, 9.17) is 16.3 Å². The molecule has 110 valence electrons. The Morgan fingerprint density at radius 2 is 2.10 bits per heavy atom. The van der Waals surface area contributed by atoms with E-state index in [1.54, 1.807) is 19.4 Å². The van der Waals surface area contributed by atoms with Crippen molar-refractivity contribution in [2.75, 3.05) is 12.4 Å². The molecule has 0 bridgehead atoms. The number of halogens is 2. The van der Waals surface area contributed by atoms with Crippen molar-refractivity contribution in [2.24, 2.45) is 0 Å². The zero-order valence-corrected chi connectivity index (χ0v) is 14.2. The number of pyridine rings is 1. The van der Waals surface area contributed by atoms with Gasteiger partial charge < -0.3 is 10.1 Å². The predicted molar refractivity (Wildman–Crippen MR) is 87.4 cm³/mol. The van der Waals surface area contributed by atoms with E-state index in [2.05, 4.69) is 26.2 Å². The number of nitrogens with one attached hydrogen (secondary N) is 1. The smallest absolute Gasteiger partial charge is 0.258 e. The van der Waals surface area contributed by atoms with Crippen molar-refractivity contribution in [3.63, 3.8) is 0 Å². The van der Waals surface area contributed by atoms with Crippen molar-refractivity contribution >= 4 is 39.1 Å². The number of hydrogen-bond acceptors (Lipinski definition) is 3. The number of nitrogens with zero attached hydrogens (tertiary/aromatic N) is 1. The van der Waals surface area contributed by atoms with Crippen molar-refractivity contribution in [3.8, 4) is 5.75 Å². The first kappa shape index (κ1) is 15.8. The number of carbonyl (C=O) groups excluding carboxylic acids is 1. The number of hydrogen-bond donors (Lipinski definition) is 1. The van der Waals surface area contributed by atoms with E-state index < -0.39 is 0 Å². The van der Waals surface area contributed by atoms with E-state index in [9.17, 15) is 4.79 Å². The van der Waals surface area contributed by atoms with Crippen LogP contribution >= 0.6 is 27.5 Å². The van der Waals surface area contributed by atoms with E-state index in [1.807, 2.05) is 26.0 Å². The van der Waals surface area contributed by atoms with Gasteiger partial charge in [-0.2, -0.15) is 0 Å². The maximum Gasteiger partial charge on any atom is 0.258 e. The monoisotopic (exact) mass is 368 g/mol. The predicted octanol–water partition coefficient (Wildman–Crippen LogP) is 4.38. The largest absolute Gasteiger partial charge is 0.496 e. The molecule has 1 heterocycles. The molecule has 6 heteroatoms. The molecule has 1 aromatic heterocycles. The lowest BCUT2D eigenvalue weighted by molar-refractivity contribution is 0.102. The van der Waals surface area contributed by atoms with Crippen LogP contribution in [0.15, 0.2) is 28.9 Å². The number of amides is 1. The Morgan fingerprint density at radius 3 is 2.76 bits per heavy atom. The summed E-state index contributed by atoms with van der Waals surface area (Å²) in [6, 6.07) is 5.36. The number of ether oxygens (including phenoxy) is 1. The molecule has 1 amide bonds. The van der Waals surface area contributed by atoms with Crippen molar-refractivity contribution in [1.29, 1.82) is 0 Å². The summed E-state index contributed by atoms with van der Waals surface area (Å²) in [4.78, 5) is 16.3. The highest BCUT2D eigenvalue weighted by molar-refractivity contribution is 9.10. The van der Waals surface area contributed by atoms with E-state index in [0.29, 0.717) is 15.7 Å². The Kier molecular flexibility index (Phi) is 4.85. The van der Waals surface area contributed by atoms with Gasteiger partial charge in [0.25, 0.3) is 5.91 Å². The molecule has 0 saturated carbocycles. The Morgan fingerprint density at radius 1 is 1.38 bits per heavy atom. The first-order valence-corrected chi connectivity index (χ1v) is 7.37. The van der Waals surface area contributed by atoms with Gasteiger partial charge >= 0.3 is 0 Å². The molecule has 2 rings (SSSR count). The molecule has 4 nitrogen and oxygen atoms in total. The van der Waals surface area contributed by atoms with Gasteiger partial charge in [0.2, 0.25) is 0 Å². The van der Waals surface area contributed by atoms with Gasteiger partial charge in [0, 0.05) is 21.9 Å². The molecule has 0 spiro atoms. The van der Waals surface area contributed by atoms with Gasteiger partial charge in [-0.15, -0.1) is 0 Å². The van der Waals surface area contributed by atoms with Crippen LogP contribution in [0.2, 0.25) is 5.15 Å². The second-order valence-electron chi connectivity index (χ2n) is 4.53. The van der Waals surface area contributed by atoms with E-state index >= 15 is 0 Å². The van der Waals surface area contributed by atoms with E-state index in [0.717, 1.165) is 16.9 Å². The van der Waals surface area contributed by atoms with Gasteiger partial charge in [0.05, 0.1) is 12.7 Å². The molecule has 0 saturated heterocycles. The molecule has 0 unspecified atom stereocenters. The van der Waals surface area contributed by atoms with Gasteiger partial charge in [-0.3, -0.25) is 4.79 Å². The first-order chi connectivity index (χ1) is 9.93. The summed E-state index contributed by atoms with van der Waals surface area (Å²) in [5.74, 6) is 0.439. The zero-order valence-electron chi connectivity index (χ0n) is 11.8. The molecule has 2 aromatic rings. The summed E-state index contributed by atoms with van der Waals surface area (Å²) < 4.78 is 6.04. The molecule has 21 heavy (non-hydrogen) atoms. The Labute approximate surface area is 136 Å². The lowest BCUT2D eigenvalue weighted by atomic mass is 10.1. The molecule has 0 aliphatic heterocycles. The third-order valence-corrected chi connectivity index (χ3v) is 3.84. The van der Waals surface area contributed by atoms with Gasteiger partial charge in [-0.05, 0) is 47.5 Å². The lowest BCUT2D eigenvalue weighted by Gasteiger charge is -2.14. The van der Waals surface area contributed by atoms with Crippen LogP contribution in [0.25, 0.3) is 0 Å². The third kappa shape index (κ3) is 3.36. The summed E-state index contributed by atoms with van der Waals surface area (Å²) in [5, 5.41) is 2.99. The highest BCUT2D eigenvalue weighted by Gasteiger charge is 2.15. The molecule has 0 aliphatic carbocycles. The summed E-state index contributed by atoms with van der Waals surface area (Å²) >= 11 is 9.24. The normalized spacial score (nSPS) is 10.3. The highest BCUT2D eigenvalue weighted by atomic mass is 79.9. The van der Waals surface area contributed by atoms with E-state index in [-0.39, 0.29) is 11.1 Å². The van der Waals surface area contributed by atoms with Crippen LogP contribution in [0.1, 0.15) is 21.5 Å². The number of aryl methyl sites for hydroxylation is 1. The SMILES string of the molecule is COc1c(C)ccc(NC(=O)c2cc(Br)cnc2Cl)c1C. The number of benzene rings is 1. The van der Waals surface area contributed by atoms with Crippen LogP contribution in [-0.2, 0) is 0 Å². The van der Waals surface area contributed by atoms with Crippen LogP contribution in [0.4, 0.5) is 5.69 Å². The summed E-state index contributed by atoms with van der Waals surface area (Å²) in [7, 11) is 1.61. The Bertz CT molecular complexity index is 704. The number of carbonyl (C=O) groups is 1. The van der Waals surface area contributed by atoms with Crippen molar-refractivity contribution in [1.82, 2.24) is 4.98 Å². The fraction of sp³-hybridized carbons (Fsp3) is 0.200. The van der Waals surface area contributed by atoms with E-state index in [1.165, 1.54) is 0 Å². The second kappa shape index (κ2) is 6.45.